The lowest BCUT2D eigenvalue weighted by atomic mass is 9.95. The average Bonchev–Trinajstić information content (AvgIpc) is 2.48. The van der Waals surface area contributed by atoms with E-state index in [0.717, 1.165) is 11.3 Å². The summed E-state index contributed by atoms with van der Waals surface area (Å²) in [4.78, 5) is 12.0. The van der Waals surface area contributed by atoms with Crippen molar-refractivity contribution in [1.82, 2.24) is 0 Å². The zero-order valence-corrected chi connectivity index (χ0v) is 13.6. The number of rotatable bonds is 4. The van der Waals surface area contributed by atoms with Crippen LogP contribution >= 0.6 is 0 Å². The molecule has 23 heavy (non-hydrogen) atoms. The SMILES string of the molecule is CC(C)(C)C(=O)Nc1ccc(NCc2ccc(F)cc2)cc1N. The number of anilines is 3. The highest BCUT2D eigenvalue weighted by molar-refractivity contribution is 5.97. The molecule has 122 valence electrons. The molecule has 4 N–H and O–H groups in total. The van der Waals surface area contributed by atoms with E-state index in [4.69, 9.17) is 5.73 Å². The predicted molar refractivity (Wildman–Crippen MR) is 92.7 cm³/mol. The Morgan fingerprint density at radius 3 is 2.35 bits per heavy atom. The Morgan fingerprint density at radius 2 is 1.78 bits per heavy atom. The lowest BCUT2D eigenvalue weighted by Gasteiger charge is -2.19. The summed E-state index contributed by atoms with van der Waals surface area (Å²) in [7, 11) is 0. The van der Waals surface area contributed by atoms with Gasteiger partial charge in [-0.15, -0.1) is 0 Å². The van der Waals surface area contributed by atoms with Crippen molar-refractivity contribution in [2.75, 3.05) is 16.4 Å². The summed E-state index contributed by atoms with van der Waals surface area (Å²) < 4.78 is 12.9. The molecule has 2 rings (SSSR count). The van der Waals surface area contributed by atoms with Crippen molar-refractivity contribution in [2.45, 2.75) is 27.3 Å². The third-order valence-electron chi connectivity index (χ3n) is 3.39. The molecule has 0 aliphatic heterocycles. The molecule has 1 amide bonds. The second kappa shape index (κ2) is 6.69. The van der Waals surface area contributed by atoms with E-state index >= 15 is 0 Å². The second-order valence-electron chi connectivity index (χ2n) is 6.49. The number of carbonyl (C=O) groups excluding carboxylic acids is 1. The molecule has 0 atom stereocenters. The molecule has 0 heterocycles. The zero-order valence-electron chi connectivity index (χ0n) is 13.6. The molecule has 0 aromatic heterocycles. The Morgan fingerprint density at radius 1 is 1.13 bits per heavy atom. The first-order valence-corrected chi connectivity index (χ1v) is 7.45. The first-order valence-electron chi connectivity index (χ1n) is 7.45. The lowest BCUT2D eigenvalue weighted by Crippen LogP contribution is -2.27. The number of halogens is 1. The Hall–Kier alpha value is -2.56. The van der Waals surface area contributed by atoms with Gasteiger partial charge in [-0.1, -0.05) is 32.9 Å². The number of nitrogens with one attached hydrogen (secondary N) is 2. The van der Waals surface area contributed by atoms with Crippen molar-refractivity contribution >= 4 is 23.0 Å². The van der Waals surface area contributed by atoms with Crippen LogP contribution in [-0.4, -0.2) is 5.91 Å². The van der Waals surface area contributed by atoms with E-state index in [1.807, 2.05) is 26.8 Å². The highest BCUT2D eigenvalue weighted by Gasteiger charge is 2.21. The van der Waals surface area contributed by atoms with Gasteiger partial charge >= 0.3 is 0 Å². The van der Waals surface area contributed by atoms with Gasteiger partial charge in [0.1, 0.15) is 5.82 Å². The van der Waals surface area contributed by atoms with Gasteiger partial charge in [0.2, 0.25) is 5.91 Å². The van der Waals surface area contributed by atoms with Crippen molar-refractivity contribution in [3.05, 3.63) is 53.8 Å². The summed E-state index contributed by atoms with van der Waals surface area (Å²) in [5, 5.41) is 6.04. The van der Waals surface area contributed by atoms with Crippen LogP contribution in [0.4, 0.5) is 21.5 Å². The maximum absolute atomic E-state index is 12.9. The van der Waals surface area contributed by atoms with Gasteiger partial charge in [0.15, 0.2) is 0 Å². The lowest BCUT2D eigenvalue weighted by molar-refractivity contribution is -0.123. The minimum Gasteiger partial charge on any atom is -0.397 e. The molecule has 0 aliphatic rings. The highest BCUT2D eigenvalue weighted by atomic mass is 19.1. The first kappa shape index (κ1) is 16.8. The third kappa shape index (κ3) is 4.71. The third-order valence-corrected chi connectivity index (χ3v) is 3.39. The molecule has 0 bridgehead atoms. The van der Waals surface area contributed by atoms with E-state index in [9.17, 15) is 9.18 Å². The van der Waals surface area contributed by atoms with Crippen molar-refractivity contribution in [3.8, 4) is 0 Å². The summed E-state index contributed by atoms with van der Waals surface area (Å²) >= 11 is 0. The van der Waals surface area contributed by atoms with Crippen LogP contribution in [0.25, 0.3) is 0 Å². The van der Waals surface area contributed by atoms with Gasteiger partial charge in [-0.3, -0.25) is 4.79 Å². The summed E-state index contributed by atoms with van der Waals surface area (Å²) in [6.45, 7) is 6.10. The second-order valence-corrected chi connectivity index (χ2v) is 6.49. The predicted octanol–water partition coefficient (Wildman–Crippen LogP) is 4.00. The number of nitrogen functional groups attached to an aromatic ring is 1. The Kier molecular flexibility index (Phi) is 4.89. The van der Waals surface area contributed by atoms with Crippen LogP contribution in [0.1, 0.15) is 26.3 Å². The molecule has 0 radical (unpaired) electrons. The fourth-order valence-corrected chi connectivity index (χ4v) is 1.90. The minimum absolute atomic E-state index is 0.0868. The summed E-state index contributed by atoms with van der Waals surface area (Å²) in [6, 6.07) is 11.7. The van der Waals surface area contributed by atoms with Crippen molar-refractivity contribution in [1.29, 1.82) is 0 Å². The fraction of sp³-hybridized carbons (Fsp3) is 0.278. The van der Waals surface area contributed by atoms with Gasteiger partial charge in [-0.2, -0.15) is 0 Å². The molecule has 2 aromatic carbocycles. The van der Waals surface area contributed by atoms with Crippen LogP contribution in [0.3, 0.4) is 0 Å². The van der Waals surface area contributed by atoms with E-state index in [2.05, 4.69) is 10.6 Å². The van der Waals surface area contributed by atoms with Gasteiger partial charge in [-0.25, -0.2) is 4.39 Å². The van der Waals surface area contributed by atoms with Crippen molar-refractivity contribution < 1.29 is 9.18 Å². The largest absolute Gasteiger partial charge is 0.397 e. The minimum atomic E-state index is -0.480. The Bertz CT molecular complexity index is 690. The topological polar surface area (TPSA) is 67.2 Å². The quantitative estimate of drug-likeness (QED) is 0.747. The molecule has 0 saturated heterocycles. The Labute approximate surface area is 135 Å². The van der Waals surface area contributed by atoms with E-state index in [1.165, 1.54) is 12.1 Å². The number of nitrogens with two attached hydrogens (primary N) is 1. The van der Waals surface area contributed by atoms with Crippen LogP contribution in [0.5, 0.6) is 0 Å². The molecular weight excluding hydrogens is 293 g/mol. The molecule has 4 nitrogen and oxygen atoms in total. The summed E-state index contributed by atoms with van der Waals surface area (Å²) in [6.07, 6.45) is 0. The van der Waals surface area contributed by atoms with Crippen molar-refractivity contribution in [2.24, 2.45) is 5.41 Å². The van der Waals surface area contributed by atoms with E-state index < -0.39 is 5.41 Å². The van der Waals surface area contributed by atoms with Crippen LogP contribution in [0, 0.1) is 11.2 Å². The fourth-order valence-electron chi connectivity index (χ4n) is 1.90. The van der Waals surface area contributed by atoms with Gasteiger partial charge in [0, 0.05) is 17.6 Å². The molecule has 0 fully saturated rings. The smallest absolute Gasteiger partial charge is 0.229 e. The molecule has 2 aromatic rings. The molecular formula is C18H22FN3O. The number of hydrogen-bond donors (Lipinski definition) is 3. The van der Waals surface area contributed by atoms with E-state index in [1.54, 1.807) is 24.3 Å². The first-order chi connectivity index (χ1) is 10.8. The number of carbonyl (C=O) groups is 1. The maximum Gasteiger partial charge on any atom is 0.229 e. The maximum atomic E-state index is 12.9. The molecule has 0 saturated carbocycles. The molecule has 0 spiro atoms. The van der Waals surface area contributed by atoms with Crippen LogP contribution < -0.4 is 16.4 Å². The van der Waals surface area contributed by atoms with Gasteiger partial charge in [0.05, 0.1) is 11.4 Å². The number of amides is 1. The average molecular weight is 315 g/mol. The molecule has 0 unspecified atom stereocenters. The Balaban J connectivity index is 2.01. The molecule has 5 heteroatoms. The van der Waals surface area contributed by atoms with Crippen LogP contribution in [0.2, 0.25) is 0 Å². The van der Waals surface area contributed by atoms with Crippen LogP contribution in [-0.2, 0) is 11.3 Å². The number of hydrogen-bond acceptors (Lipinski definition) is 3. The standard InChI is InChI=1S/C18H22FN3O/c1-18(2,3)17(23)22-16-9-8-14(10-15(16)20)21-11-12-4-6-13(19)7-5-12/h4-10,21H,11,20H2,1-3H3,(H,22,23). The van der Waals surface area contributed by atoms with E-state index in [0.29, 0.717) is 17.9 Å². The zero-order chi connectivity index (χ0) is 17.0. The van der Waals surface area contributed by atoms with Gasteiger partial charge < -0.3 is 16.4 Å². The molecule has 0 aliphatic carbocycles. The normalized spacial score (nSPS) is 11.1. The van der Waals surface area contributed by atoms with E-state index in [-0.39, 0.29) is 11.7 Å². The highest BCUT2D eigenvalue weighted by Crippen LogP contribution is 2.25. The van der Waals surface area contributed by atoms with Gasteiger partial charge in [-0.05, 0) is 35.9 Å². The van der Waals surface area contributed by atoms with Crippen molar-refractivity contribution in [3.63, 3.8) is 0 Å². The van der Waals surface area contributed by atoms with Crippen LogP contribution in [0.15, 0.2) is 42.5 Å². The monoisotopic (exact) mass is 315 g/mol. The number of benzene rings is 2. The summed E-state index contributed by atoms with van der Waals surface area (Å²) in [5.41, 5.74) is 8.41. The summed E-state index contributed by atoms with van der Waals surface area (Å²) in [5.74, 6) is -0.340. The van der Waals surface area contributed by atoms with Gasteiger partial charge in [0.25, 0.3) is 0 Å².